The minimum absolute atomic E-state index is 0.0374. The van der Waals surface area contributed by atoms with Gasteiger partial charge in [-0.3, -0.25) is 9.78 Å². The second-order valence-corrected chi connectivity index (χ2v) is 4.79. The Morgan fingerprint density at radius 2 is 1.84 bits per heavy atom. The number of hydrogen-bond acceptors (Lipinski definition) is 3. The van der Waals surface area contributed by atoms with E-state index in [0.29, 0.717) is 0 Å². The molecule has 134 valence electrons. The second kappa shape index (κ2) is 6.99. The fourth-order valence-corrected chi connectivity index (χ4v) is 1.74. The van der Waals surface area contributed by atoms with Crippen LogP contribution in [0.15, 0.2) is 48.8 Å². The van der Waals surface area contributed by atoms with Gasteiger partial charge in [-0.25, -0.2) is 4.39 Å². The van der Waals surface area contributed by atoms with Crippen LogP contribution in [0.1, 0.15) is 10.4 Å². The van der Waals surface area contributed by atoms with Gasteiger partial charge in [-0.2, -0.15) is 22.0 Å². The molecule has 1 heterocycles. The number of ether oxygens (including phenoxy) is 1. The molecule has 0 bridgehead atoms. The number of alkyl halides is 6. The smallest absolute Gasteiger partial charge is 0.430 e. The van der Waals surface area contributed by atoms with Crippen molar-refractivity contribution in [1.29, 1.82) is 0 Å². The first-order valence-corrected chi connectivity index (χ1v) is 6.68. The quantitative estimate of drug-likeness (QED) is 0.809. The summed E-state index contributed by atoms with van der Waals surface area (Å²) in [7, 11) is 0. The molecule has 1 amide bonds. The summed E-state index contributed by atoms with van der Waals surface area (Å²) in [6.45, 7) is 0. The van der Waals surface area contributed by atoms with Crippen molar-refractivity contribution in [3.63, 3.8) is 0 Å². The molecule has 0 radical (unpaired) electrons. The molecule has 4 nitrogen and oxygen atoms in total. The van der Waals surface area contributed by atoms with E-state index in [1.165, 1.54) is 30.6 Å². The second-order valence-electron chi connectivity index (χ2n) is 4.79. The van der Waals surface area contributed by atoms with E-state index in [4.69, 9.17) is 0 Å². The topological polar surface area (TPSA) is 51.2 Å². The highest BCUT2D eigenvalue weighted by Gasteiger charge is 2.59. The van der Waals surface area contributed by atoms with E-state index in [2.05, 4.69) is 15.0 Å². The third-order valence-electron chi connectivity index (χ3n) is 2.85. The Hall–Kier alpha value is -2.78. The predicted molar refractivity (Wildman–Crippen MR) is 75.2 cm³/mol. The molecular weight excluding hydrogens is 354 g/mol. The normalized spacial score (nSPS) is 13.2. The number of nitrogens with one attached hydrogen (secondary N) is 1. The summed E-state index contributed by atoms with van der Waals surface area (Å²) in [6.07, 6.45) is -12.7. The summed E-state index contributed by atoms with van der Waals surface area (Å²) >= 11 is 0. The first kappa shape index (κ1) is 18.6. The van der Waals surface area contributed by atoms with Crippen LogP contribution in [-0.2, 0) is 0 Å². The molecule has 0 saturated carbocycles. The Labute approximate surface area is 137 Å². The molecule has 0 unspecified atom stereocenters. The molecule has 2 rings (SSSR count). The van der Waals surface area contributed by atoms with Crippen LogP contribution < -0.4 is 10.1 Å². The molecule has 0 spiro atoms. The van der Waals surface area contributed by atoms with Gasteiger partial charge in [0.05, 0.1) is 5.56 Å². The highest BCUT2D eigenvalue weighted by molar-refractivity contribution is 6.04. The first-order valence-electron chi connectivity index (χ1n) is 6.68. The van der Waals surface area contributed by atoms with Crippen molar-refractivity contribution in [2.24, 2.45) is 0 Å². The Balaban J connectivity index is 2.12. The summed E-state index contributed by atoms with van der Waals surface area (Å²) in [6, 6.07) is 7.10. The molecule has 0 aliphatic rings. The lowest BCUT2D eigenvalue weighted by molar-refractivity contribution is -0.304. The summed E-state index contributed by atoms with van der Waals surface area (Å²) in [4.78, 5) is 15.6. The lowest BCUT2D eigenvalue weighted by Gasteiger charge is -2.23. The van der Waals surface area contributed by atoms with Gasteiger partial charge in [0.25, 0.3) is 12.1 Å². The van der Waals surface area contributed by atoms with E-state index in [-0.39, 0.29) is 11.3 Å². The van der Waals surface area contributed by atoms with Crippen LogP contribution in [0.3, 0.4) is 0 Å². The number of amides is 1. The first-order chi connectivity index (χ1) is 11.6. The maximum atomic E-state index is 13.2. The number of halogens is 6. The SMILES string of the molecule is O=C(Nc1cccc(OC(F)(F)[C@@H](F)C(F)(F)F)c1)c1cccnc1. The predicted octanol–water partition coefficient (Wildman–Crippen LogP) is 4.21. The van der Waals surface area contributed by atoms with Crippen LogP contribution in [-0.4, -0.2) is 29.3 Å². The van der Waals surface area contributed by atoms with Crippen molar-refractivity contribution in [1.82, 2.24) is 4.98 Å². The lowest BCUT2D eigenvalue weighted by atomic mass is 10.2. The summed E-state index contributed by atoms with van der Waals surface area (Å²) in [5.74, 6) is -1.38. The van der Waals surface area contributed by atoms with E-state index >= 15 is 0 Å². The summed E-state index contributed by atoms with van der Waals surface area (Å²) < 4.78 is 79.4. The Morgan fingerprint density at radius 1 is 1.12 bits per heavy atom. The molecule has 1 aromatic carbocycles. The zero-order valence-corrected chi connectivity index (χ0v) is 12.2. The van der Waals surface area contributed by atoms with Gasteiger partial charge >= 0.3 is 12.3 Å². The molecule has 0 aliphatic heterocycles. The number of aromatic nitrogens is 1. The van der Waals surface area contributed by atoms with Gasteiger partial charge in [-0.1, -0.05) is 6.07 Å². The lowest BCUT2D eigenvalue weighted by Crippen LogP contribution is -2.45. The Bertz CT molecular complexity index is 736. The molecule has 1 aromatic heterocycles. The van der Waals surface area contributed by atoms with Gasteiger partial charge in [-0.15, -0.1) is 0 Å². The van der Waals surface area contributed by atoms with Gasteiger partial charge in [0.1, 0.15) is 5.75 Å². The average Bonchev–Trinajstić information content (AvgIpc) is 2.54. The van der Waals surface area contributed by atoms with E-state index < -0.39 is 30.1 Å². The van der Waals surface area contributed by atoms with Crippen LogP contribution in [0.2, 0.25) is 0 Å². The van der Waals surface area contributed by atoms with Gasteiger partial charge in [0, 0.05) is 24.1 Å². The monoisotopic (exact) mass is 364 g/mol. The van der Waals surface area contributed by atoms with Crippen molar-refractivity contribution in [2.45, 2.75) is 18.5 Å². The van der Waals surface area contributed by atoms with Crippen molar-refractivity contribution >= 4 is 11.6 Å². The minimum Gasteiger partial charge on any atom is -0.430 e. The summed E-state index contributed by atoms with van der Waals surface area (Å²) in [5, 5.41) is 2.32. The number of carbonyl (C=O) groups is 1. The molecule has 10 heteroatoms. The van der Waals surface area contributed by atoms with E-state index in [1.54, 1.807) is 0 Å². The van der Waals surface area contributed by atoms with Crippen LogP contribution in [0.5, 0.6) is 5.75 Å². The third-order valence-corrected chi connectivity index (χ3v) is 2.85. The number of nitrogens with zero attached hydrogens (tertiary/aromatic N) is 1. The van der Waals surface area contributed by atoms with Crippen molar-refractivity contribution in [3.8, 4) is 5.75 Å². The van der Waals surface area contributed by atoms with Crippen molar-refractivity contribution < 1.29 is 35.9 Å². The number of benzene rings is 1. The van der Waals surface area contributed by atoms with E-state index in [9.17, 15) is 31.1 Å². The zero-order valence-electron chi connectivity index (χ0n) is 12.2. The van der Waals surface area contributed by atoms with Crippen LogP contribution in [0.25, 0.3) is 0 Å². The highest BCUT2D eigenvalue weighted by atomic mass is 19.4. The van der Waals surface area contributed by atoms with Gasteiger partial charge < -0.3 is 10.1 Å². The standard InChI is InChI=1S/C15H10F6N2O2/c16-13(14(17,18)19)15(20,21)25-11-5-1-4-10(7-11)23-12(24)9-3-2-6-22-8-9/h1-8,13H,(H,23,24)/t13-/m0/s1. The van der Waals surface area contributed by atoms with E-state index in [0.717, 1.165) is 18.2 Å². The highest BCUT2D eigenvalue weighted by Crippen LogP contribution is 2.36. The molecule has 25 heavy (non-hydrogen) atoms. The van der Waals surface area contributed by atoms with Gasteiger partial charge in [0.15, 0.2) is 0 Å². The summed E-state index contributed by atoms with van der Waals surface area (Å²) in [5.41, 5.74) is 0.129. The maximum Gasteiger partial charge on any atom is 0.439 e. The van der Waals surface area contributed by atoms with Crippen LogP contribution in [0.4, 0.5) is 32.0 Å². The molecular formula is C15H10F6N2O2. The Morgan fingerprint density at radius 3 is 2.44 bits per heavy atom. The largest absolute Gasteiger partial charge is 0.439 e. The number of pyridine rings is 1. The van der Waals surface area contributed by atoms with Crippen LogP contribution >= 0.6 is 0 Å². The van der Waals surface area contributed by atoms with Gasteiger partial charge in [-0.05, 0) is 24.3 Å². The average molecular weight is 364 g/mol. The molecule has 0 aliphatic carbocycles. The third kappa shape index (κ3) is 4.85. The fraction of sp³-hybridized carbons (Fsp3) is 0.200. The molecule has 1 atom stereocenters. The molecule has 1 N–H and O–H groups in total. The van der Waals surface area contributed by atoms with Crippen LogP contribution in [0, 0.1) is 0 Å². The Kier molecular flexibility index (Phi) is 5.19. The molecule has 0 saturated heterocycles. The number of anilines is 1. The zero-order chi connectivity index (χ0) is 18.7. The molecule has 2 aromatic rings. The maximum absolute atomic E-state index is 13.2. The fourth-order valence-electron chi connectivity index (χ4n) is 1.74. The number of rotatable bonds is 5. The number of hydrogen-bond donors (Lipinski definition) is 1. The number of carbonyl (C=O) groups excluding carboxylic acids is 1. The molecule has 0 fully saturated rings. The van der Waals surface area contributed by atoms with E-state index in [1.807, 2.05) is 0 Å². The minimum atomic E-state index is -5.78. The van der Waals surface area contributed by atoms with Crippen molar-refractivity contribution in [2.75, 3.05) is 5.32 Å². The van der Waals surface area contributed by atoms with Gasteiger partial charge in [0.2, 0.25) is 0 Å². The van der Waals surface area contributed by atoms with Crippen molar-refractivity contribution in [3.05, 3.63) is 54.4 Å².